The molecule has 1 aliphatic rings. The Morgan fingerprint density at radius 3 is 2.95 bits per heavy atom. The first-order valence-electron chi connectivity index (χ1n) is 5.72. The van der Waals surface area contributed by atoms with Crippen molar-refractivity contribution in [1.29, 1.82) is 0 Å². The maximum Gasteiger partial charge on any atom is 0.327 e. The fourth-order valence-electron chi connectivity index (χ4n) is 2.00. The molecule has 0 aliphatic carbocycles. The molecule has 0 radical (unpaired) electrons. The van der Waals surface area contributed by atoms with Gasteiger partial charge in [-0.2, -0.15) is 0 Å². The fourth-order valence-corrected chi connectivity index (χ4v) is 3.71. The molecule has 2 atom stereocenters. The number of thioether (sulfide) groups is 2. The van der Waals surface area contributed by atoms with Crippen LogP contribution in [0.2, 0.25) is 0 Å². The van der Waals surface area contributed by atoms with Gasteiger partial charge in [-0.05, 0) is 25.3 Å². The monoisotopic (exact) mass is 298 g/mol. The number of hydrogen-bond acceptors (Lipinski definition) is 5. The fraction of sp³-hybridized carbons (Fsp3) is 0.417. The summed E-state index contributed by atoms with van der Waals surface area (Å²) >= 11 is 2.86. The van der Waals surface area contributed by atoms with Crippen molar-refractivity contribution in [3.8, 4) is 0 Å². The van der Waals surface area contributed by atoms with Crippen LogP contribution in [0.1, 0.15) is 17.3 Å². The summed E-state index contributed by atoms with van der Waals surface area (Å²) in [4.78, 5) is 29.3. The summed E-state index contributed by atoms with van der Waals surface area (Å²) in [7, 11) is 0. The maximum atomic E-state index is 12.5. The van der Waals surface area contributed by atoms with Gasteiger partial charge in [-0.25, -0.2) is 9.78 Å². The first-order chi connectivity index (χ1) is 9.06. The number of carboxylic acid groups (broad SMARTS) is 1. The van der Waals surface area contributed by atoms with Crippen LogP contribution in [0, 0.1) is 0 Å². The van der Waals surface area contributed by atoms with Crippen LogP contribution >= 0.6 is 23.5 Å². The second-order valence-corrected chi connectivity index (χ2v) is 6.20. The zero-order chi connectivity index (χ0) is 14.0. The van der Waals surface area contributed by atoms with Crippen molar-refractivity contribution in [2.75, 3.05) is 12.0 Å². The number of aromatic nitrogens is 1. The molecule has 1 aliphatic heterocycles. The first-order valence-corrected chi connectivity index (χ1v) is 7.99. The molecule has 0 spiro atoms. The van der Waals surface area contributed by atoms with Crippen molar-refractivity contribution in [3.05, 3.63) is 23.9 Å². The maximum absolute atomic E-state index is 12.5. The molecular formula is C12H14N2O3S2. The van der Waals surface area contributed by atoms with Gasteiger partial charge in [0.15, 0.2) is 0 Å². The molecule has 1 fully saturated rings. The molecule has 2 heterocycles. The number of nitrogens with zero attached hydrogens (tertiary/aromatic N) is 2. The van der Waals surface area contributed by atoms with Gasteiger partial charge >= 0.3 is 5.97 Å². The molecule has 1 amide bonds. The third-order valence-electron chi connectivity index (χ3n) is 2.94. The summed E-state index contributed by atoms with van der Waals surface area (Å²) in [5, 5.41) is 9.69. The van der Waals surface area contributed by atoms with Gasteiger partial charge in [-0.1, -0.05) is 0 Å². The van der Waals surface area contributed by atoms with E-state index in [0.717, 1.165) is 0 Å². The molecule has 1 saturated heterocycles. The molecule has 1 aromatic heterocycles. The van der Waals surface area contributed by atoms with Gasteiger partial charge in [0.05, 0.1) is 10.9 Å². The van der Waals surface area contributed by atoms with E-state index in [-0.39, 0.29) is 11.3 Å². The predicted octanol–water partition coefficient (Wildman–Crippen LogP) is 1.79. The van der Waals surface area contributed by atoms with Gasteiger partial charge in [0.1, 0.15) is 11.1 Å². The predicted molar refractivity (Wildman–Crippen MR) is 75.5 cm³/mol. The lowest BCUT2D eigenvalue weighted by Crippen LogP contribution is -2.45. The zero-order valence-electron chi connectivity index (χ0n) is 10.6. The normalized spacial score (nSPS) is 22.5. The number of carbonyl (C=O) groups is 2. The minimum Gasteiger partial charge on any atom is -0.480 e. The summed E-state index contributed by atoms with van der Waals surface area (Å²) in [5.41, 5.74) is 0.468. The Hall–Kier alpha value is -1.21. The minimum atomic E-state index is -0.959. The Labute approximate surface area is 119 Å². The van der Waals surface area contributed by atoms with Crippen molar-refractivity contribution in [3.63, 3.8) is 0 Å². The lowest BCUT2D eigenvalue weighted by atomic mass is 10.2. The molecule has 0 aromatic carbocycles. The third kappa shape index (κ3) is 2.71. The molecule has 102 valence electrons. The molecule has 1 aromatic rings. The number of pyridine rings is 1. The van der Waals surface area contributed by atoms with Crippen molar-refractivity contribution < 1.29 is 14.7 Å². The number of amides is 1. The van der Waals surface area contributed by atoms with Crippen LogP contribution in [0.5, 0.6) is 0 Å². The van der Waals surface area contributed by atoms with Crippen molar-refractivity contribution >= 4 is 35.4 Å². The summed E-state index contributed by atoms with van der Waals surface area (Å²) in [6, 6.07) is 2.62. The van der Waals surface area contributed by atoms with E-state index in [9.17, 15) is 14.7 Å². The van der Waals surface area contributed by atoms with Gasteiger partial charge in [0.2, 0.25) is 0 Å². The molecule has 7 heteroatoms. The Morgan fingerprint density at radius 2 is 2.32 bits per heavy atom. The number of carbonyl (C=O) groups excluding carboxylic acids is 1. The lowest BCUT2D eigenvalue weighted by Gasteiger charge is -2.25. The molecular weight excluding hydrogens is 284 g/mol. The summed E-state index contributed by atoms with van der Waals surface area (Å²) in [6.45, 7) is 1.85. The molecule has 1 N–H and O–H groups in total. The highest BCUT2D eigenvalue weighted by atomic mass is 32.2. The minimum absolute atomic E-state index is 0.136. The summed E-state index contributed by atoms with van der Waals surface area (Å²) < 4.78 is 0. The van der Waals surface area contributed by atoms with Crippen LogP contribution in [0.3, 0.4) is 0 Å². The van der Waals surface area contributed by atoms with E-state index in [4.69, 9.17) is 0 Å². The molecule has 2 unspecified atom stereocenters. The van der Waals surface area contributed by atoms with Gasteiger partial charge in [0.25, 0.3) is 5.91 Å². The lowest BCUT2D eigenvalue weighted by molar-refractivity contribution is -0.141. The highest BCUT2D eigenvalue weighted by Gasteiger charge is 2.40. The Bertz CT molecular complexity index is 510. The number of rotatable bonds is 3. The highest BCUT2D eigenvalue weighted by Crippen LogP contribution is 2.31. The highest BCUT2D eigenvalue weighted by molar-refractivity contribution is 8.00. The smallest absolute Gasteiger partial charge is 0.327 e. The Kier molecular flexibility index (Phi) is 4.36. The first kappa shape index (κ1) is 14.2. The quantitative estimate of drug-likeness (QED) is 0.858. The van der Waals surface area contributed by atoms with Crippen LogP contribution < -0.4 is 0 Å². The topological polar surface area (TPSA) is 70.5 Å². The second kappa shape index (κ2) is 5.83. The average molecular weight is 298 g/mol. The Morgan fingerprint density at radius 1 is 1.58 bits per heavy atom. The van der Waals surface area contributed by atoms with E-state index >= 15 is 0 Å². The second-order valence-electron chi connectivity index (χ2n) is 4.06. The van der Waals surface area contributed by atoms with E-state index in [0.29, 0.717) is 16.3 Å². The van der Waals surface area contributed by atoms with Gasteiger partial charge < -0.3 is 10.0 Å². The van der Waals surface area contributed by atoms with E-state index in [2.05, 4.69) is 4.98 Å². The van der Waals surface area contributed by atoms with Crippen LogP contribution in [-0.2, 0) is 4.79 Å². The van der Waals surface area contributed by atoms with E-state index in [1.165, 1.54) is 28.4 Å². The van der Waals surface area contributed by atoms with E-state index in [1.807, 2.05) is 13.2 Å². The van der Waals surface area contributed by atoms with E-state index < -0.39 is 12.0 Å². The van der Waals surface area contributed by atoms with E-state index in [1.54, 1.807) is 18.3 Å². The van der Waals surface area contributed by atoms with Crippen molar-refractivity contribution in [1.82, 2.24) is 9.88 Å². The zero-order valence-corrected chi connectivity index (χ0v) is 12.2. The largest absolute Gasteiger partial charge is 0.480 e. The van der Waals surface area contributed by atoms with Crippen LogP contribution in [0.15, 0.2) is 23.4 Å². The number of carboxylic acids is 1. The molecule has 0 saturated carbocycles. The summed E-state index contributed by atoms with van der Waals surface area (Å²) in [6.07, 6.45) is 3.47. The molecule has 2 rings (SSSR count). The van der Waals surface area contributed by atoms with Gasteiger partial charge in [0, 0.05) is 11.9 Å². The molecule has 5 nitrogen and oxygen atoms in total. The Balaban J connectivity index is 2.34. The van der Waals surface area contributed by atoms with Crippen molar-refractivity contribution in [2.24, 2.45) is 0 Å². The van der Waals surface area contributed by atoms with Gasteiger partial charge in [-0.15, -0.1) is 23.5 Å². The summed E-state index contributed by atoms with van der Waals surface area (Å²) in [5.74, 6) is -0.793. The standard InChI is InChI=1S/C12H14N2O3S2/c1-7-14(9(6-19-7)12(16)17)11(15)8-4-3-5-13-10(8)18-2/h3-5,7,9H,6H2,1-2H3,(H,16,17). The van der Waals surface area contributed by atoms with Gasteiger partial charge in [-0.3, -0.25) is 4.79 Å². The van der Waals surface area contributed by atoms with Crippen LogP contribution in [0.4, 0.5) is 0 Å². The number of hydrogen-bond donors (Lipinski definition) is 1. The van der Waals surface area contributed by atoms with Crippen molar-refractivity contribution in [2.45, 2.75) is 23.4 Å². The number of aliphatic carboxylic acids is 1. The molecule has 0 bridgehead atoms. The third-order valence-corrected chi connectivity index (χ3v) is 4.87. The SMILES string of the molecule is CSc1ncccc1C(=O)N1C(C)SCC1C(=O)O. The van der Waals surface area contributed by atoms with Crippen LogP contribution in [0.25, 0.3) is 0 Å². The molecule has 19 heavy (non-hydrogen) atoms. The van der Waals surface area contributed by atoms with Crippen LogP contribution in [-0.4, -0.2) is 50.3 Å². The average Bonchev–Trinajstić information content (AvgIpc) is 2.80.